The molecule has 1 aliphatic rings. The van der Waals surface area contributed by atoms with Gasteiger partial charge in [0, 0.05) is 28.8 Å². The standard InChI is InChI=1S/C14H17Cl2NO3S/c1-2-17(11-5-3-4-6-11)14(18)10-7-8-12(15)13(9-10)21(16,19)20/h7-9,11H,2-6H2,1H3. The van der Waals surface area contributed by atoms with Crippen molar-refractivity contribution in [1.82, 2.24) is 4.90 Å². The van der Waals surface area contributed by atoms with Crippen molar-refractivity contribution in [3.8, 4) is 0 Å². The monoisotopic (exact) mass is 349 g/mol. The molecule has 1 fully saturated rings. The maximum absolute atomic E-state index is 12.6. The zero-order valence-corrected chi connectivity index (χ0v) is 14.0. The number of benzene rings is 1. The number of hydrogen-bond donors (Lipinski definition) is 0. The number of carbonyl (C=O) groups is 1. The van der Waals surface area contributed by atoms with Crippen LogP contribution in [0.15, 0.2) is 23.1 Å². The fourth-order valence-electron chi connectivity index (χ4n) is 2.77. The second-order valence-corrected chi connectivity index (χ2v) is 8.05. The number of amides is 1. The summed E-state index contributed by atoms with van der Waals surface area (Å²) in [5.74, 6) is -0.178. The van der Waals surface area contributed by atoms with Gasteiger partial charge in [0.25, 0.3) is 15.0 Å². The van der Waals surface area contributed by atoms with Crippen molar-refractivity contribution in [3.63, 3.8) is 0 Å². The average Bonchev–Trinajstić information content (AvgIpc) is 2.92. The van der Waals surface area contributed by atoms with Crippen molar-refractivity contribution in [3.05, 3.63) is 28.8 Å². The summed E-state index contributed by atoms with van der Waals surface area (Å²) < 4.78 is 23.0. The molecular weight excluding hydrogens is 333 g/mol. The summed E-state index contributed by atoms with van der Waals surface area (Å²) in [7, 11) is 1.37. The van der Waals surface area contributed by atoms with E-state index in [1.807, 2.05) is 6.92 Å². The zero-order chi connectivity index (χ0) is 15.6. The van der Waals surface area contributed by atoms with E-state index < -0.39 is 9.05 Å². The van der Waals surface area contributed by atoms with Gasteiger partial charge >= 0.3 is 0 Å². The maximum Gasteiger partial charge on any atom is 0.262 e. The lowest BCUT2D eigenvalue weighted by Gasteiger charge is -2.27. The molecule has 4 nitrogen and oxygen atoms in total. The third-order valence-electron chi connectivity index (χ3n) is 3.81. The predicted octanol–water partition coefficient (Wildman–Crippen LogP) is 3.67. The molecule has 0 heterocycles. The Balaban J connectivity index is 2.34. The molecule has 0 atom stereocenters. The van der Waals surface area contributed by atoms with Gasteiger partial charge < -0.3 is 4.90 Å². The number of rotatable bonds is 4. The largest absolute Gasteiger partial charge is 0.336 e. The molecule has 0 radical (unpaired) electrons. The fraction of sp³-hybridized carbons (Fsp3) is 0.500. The highest BCUT2D eigenvalue weighted by molar-refractivity contribution is 8.13. The van der Waals surface area contributed by atoms with Crippen molar-refractivity contribution < 1.29 is 13.2 Å². The van der Waals surface area contributed by atoms with Gasteiger partial charge in [-0.1, -0.05) is 24.4 Å². The van der Waals surface area contributed by atoms with Crippen LogP contribution >= 0.6 is 22.3 Å². The van der Waals surface area contributed by atoms with E-state index in [2.05, 4.69) is 0 Å². The Kier molecular flexibility index (Phi) is 5.17. The summed E-state index contributed by atoms with van der Waals surface area (Å²) in [6.07, 6.45) is 4.23. The Labute approximate surface area is 134 Å². The van der Waals surface area contributed by atoms with Gasteiger partial charge in [-0.3, -0.25) is 4.79 Å². The first-order valence-electron chi connectivity index (χ1n) is 6.89. The first-order chi connectivity index (χ1) is 9.84. The second-order valence-electron chi connectivity index (χ2n) is 5.11. The van der Waals surface area contributed by atoms with E-state index >= 15 is 0 Å². The normalized spacial score (nSPS) is 16.1. The van der Waals surface area contributed by atoms with E-state index in [4.69, 9.17) is 22.3 Å². The molecule has 1 aromatic carbocycles. The molecule has 0 saturated heterocycles. The lowest BCUT2D eigenvalue weighted by Crippen LogP contribution is -2.38. The van der Waals surface area contributed by atoms with E-state index in [1.54, 1.807) is 4.90 Å². The van der Waals surface area contributed by atoms with Crippen LogP contribution in [0.2, 0.25) is 5.02 Å². The predicted molar refractivity (Wildman–Crippen MR) is 83.5 cm³/mol. The molecule has 1 aliphatic carbocycles. The smallest absolute Gasteiger partial charge is 0.262 e. The lowest BCUT2D eigenvalue weighted by atomic mass is 10.1. The molecule has 0 unspecified atom stereocenters. The van der Waals surface area contributed by atoms with E-state index in [1.165, 1.54) is 18.2 Å². The minimum atomic E-state index is -3.97. The van der Waals surface area contributed by atoms with Crippen molar-refractivity contribution in [2.45, 2.75) is 43.5 Å². The minimum Gasteiger partial charge on any atom is -0.336 e. The van der Waals surface area contributed by atoms with Gasteiger partial charge in [-0.25, -0.2) is 8.42 Å². The topological polar surface area (TPSA) is 54.5 Å². The molecule has 7 heteroatoms. The molecule has 1 saturated carbocycles. The van der Waals surface area contributed by atoms with Crippen molar-refractivity contribution in [2.75, 3.05) is 6.54 Å². The van der Waals surface area contributed by atoms with E-state index in [-0.39, 0.29) is 21.9 Å². The third kappa shape index (κ3) is 3.71. The molecule has 2 rings (SSSR count). The van der Waals surface area contributed by atoms with Crippen LogP contribution in [0.3, 0.4) is 0 Å². The van der Waals surface area contributed by atoms with Gasteiger partial charge in [0.1, 0.15) is 4.90 Å². The van der Waals surface area contributed by atoms with Crippen LogP contribution in [0.5, 0.6) is 0 Å². The molecular formula is C14H17Cl2NO3S. The third-order valence-corrected chi connectivity index (χ3v) is 5.61. The molecule has 0 spiro atoms. The zero-order valence-electron chi connectivity index (χ0n) is 11.7. The molecule has 0 bridgehead atoms. The quantitative estimate of drug-likeness (QED) is 0.779. The van der Waals surface area contributed by atoms with Crippen LogP contribution in [-0.4, -0.2) is 31.8 Å². The maximum atomic E-state index is 12.6. The van der Waals surface area contributed by atoms with Crippen LogP contribution in [0, 0.1) is 0 Å². The second kappa shape index (κ2) is 6.55. The van der Waals surface area contributed by atoms with Gasteiger partial charge in [-0.15, -0.1) is 0 Å². The van der Waals surface area contributed by atoms with Gasteiger partial charge in [0.05, 0.1) is 5.02 Å². The molecule has 0 N–H and O–H groups in total. The highest BCUT2D eigenvalue weighted by atomic mass is 35.7. The van der Waals surface area contributed by atoms with Gasteiger partial charge in [-0.05, 0) is 38.0 Å². The molecule has 0 aliphatic heterocycles. The number of carbonyl (C=O) groups excluding carboxylic acids is 1. The number of nitrogens with zero attached hydrogens (tertiary/aromatic N) is 1. The SMILES string of the molecule is CCN(C(=O)c1ccc(Cl)c(S(=O)(=O)Cl)c1)C1CCCC1. The van der Waals surface area contributed by atoms with E-state index in [0.29, 0.717) is 12.1 Å². The van der Waals surface area contributed by atoms with Gasteiger partial charge in [-0.2, -0.15) is 0 Å². The highest BCUT2D eigenvalue weighted by Crippen LogP contribution is 2.28. The summed E-state index contributed by atoms with van der Waals surface area (Å²) in [6, 6.07) is 4.42. The Bertz CT molecular complexity index is 640. The summed E-state index contributed by atoms with van der Waals surface area (Å²) in [6.45, 7) is 2.51. The summed E-state index contributed by atoms with van der Waals surface area (Å²) in [5.41, 5.74) is 0.298. The van der Waals surface area contributed by atoms with Crippen molar-refractivity contribution >= 4 is 37.2 Å². The first-order valence-corrected chi connectivity index (χ1v) is 9.58. The average molecular weight is 350 g/mol. The molecule has 21 heavy (non-hydrogen) atoms. The van der Waals surface area contributed by atoms with Crippen LogP contribution in [0.25, 0.3) is 0 Å². The lowest BCUT2D eigenvalue weighted by molar-refractivity contribution is 0.0693. The van der Waals surface area contributed by atoms with Gasteiger partial charge in [0.2, 0.25) is 0 Å². The summed E-state index contributed by atoms with van der Waals surface area (Å²) in [4.78, 5) is 14.2. The van der Waals surface area contributed by atoms with Crippen LogP contribution in [0.1, 0.15) is 43.0 Å². The minimum absolute atomic E-state index is 0.0189. The van der Waals surface area contributed by atoms with Crippen molar-refractivity contribution in [1.29, 1.82) is 0 Å². The van der Waals surface area contributed by atoms with E-state index in [9.17, 15) is 13.2 Å². The van der Waals surface area contributed by atoms with Crippen LogP contribution in [-0.2, 0) is 9.05 Å². The molecule has 1 amide bonds. The fourth-order valence-corrected chi connectivity index (χ4v) is 4.27. The van der Waals surface area contributed by atoms with Gasteiger partial charge in [0.15, 0.2) is 0 Å². The Morgan fingerprint density at radius 2 is 1.95 bits per heavy atom. The van der Waals surface area contributed by atoms with Crippen LogP contribution < -0.4 is 0 Å². The van der Waals surface area contributed by atoms with Crippen molar-refractivity contribution in [2.24, 2.45) is 0 Å². The molecule has 116 valence electrons. The molecule has 1 aromatic rings. The van der Waals surface area contributed by atoms with Crippen LogP contribution in [0.4, 0.5) is 0 Å². The Morgan fingerprint density at radius 1 is 1.33 bits per heavy atom. The molecule has 0 aromatic heterocycles. The summed E-state index contributed by atoms with van der Waals surface area (Å²) in [5, 5.41) is 0.0189. The number of hydrogen-bond acceptors (Lipinski definition) is 3. The number of halogens is 2. The Morgan fingerprint density at radius 3 is 2.48 bits per heavy atom. The summed E-state index contributed by atoms with van der Waals surface area (Å²) >= 11 is 5.84. The van der Waals surface area contributed by atoms with E-state index in [0.717, 1.165) is 25.7 Å². The Hall–Kier alpha value is -0.780. The highest BCUT2D eigenvalue weighted by Gasteiger charge is 2.27. The first kappa shape index (κ1) is 16.6.